The van der Waals surface area contributed by atoms with Gasteiger partial charge in [-0.05, 0) is 47.9 Å². The third-order valence-electron chi connectivity index (χ3n) is 4.94. The zero-order chi connectivity index (χ0) is 20.9. The molecule has 1 aromatic heterocycles. The van der Waals surface area contributed by atoms with Gasteiger partial charge in [0.15, 0.2) is 0 Å². The number of anilines is 1. The van der Waals surface area contributed by atoms with Gasteiger partial charge in [0, 0.05) is 38.1 Å². The number of nitrogens with zero attached hydrogens (tertiary/aromatic N) is 2. The van der Waals surface area contributed by atoms with Gasteiger partial charge in [0.2, 0.25) is 5.91 Å². The molecule has 2 aromatic carbocycles. The molecule has 0 atom stereocenters. The summed E-state index contributed by atoms with van der Waals surface area (Å²) in [5.41, 5.74) is 1.68. The summed E-state index contributed by atoms with van der Waals surface area (Å²) in [5, 5.41) is 0. The average Bonchev–Trinajstić information content (AvgIpc) is 3.17. The number of amides is 1. The zero-order valence-electron chi connectivity index (χ0n) is 16.4. The van der Waals surface area contributed by atoms with Gasteiger partial charge in [0.25, 0.3) is 0 Å². The molecule has 4 rings (SSSR count). The second kappa shape index (κ2) is 8.86. The number of aromatic nitrogens is 1. The van der Waals surface area contributed by atoms with E-state index in [0.717, 1.165) is 17.5 Å². The van der Waals surface area contributed by atoms with E-state index < -0.39 is 0 Å². The van der Waals surface area contributed by atoms with Crippen LogP contribution in [0.1, 0.15) is 24.0 Å². The quantitative estimate of drug-likeness (QED) is 0.582. The lowest BCUT2D eigenvalue weighted by molar-refractivity contribution is -0.118. The first-order valence-corrected chi connectivity index (χ1v) is 9.86. The lowest BCUT2D eigenvalue weighted by atomic mass is 10.0. The van der Waals surface area contributed by atoms with Crippen molar-refractivity contribution in [1.82, 2.24) is 4.98 Å². The molecule has 152 valence electrons. The van der Waals surface area contributed by atoms with E-state index >= 15 is 0 Å². The zero-order valence-corrected chi connectivity index (χ0v) is 16.4. The molecule has 3 aromatic rings. The standard InChI is InChI=1S/C24H21FN2O3/c25-19-7-3-17(4-8-19)14-20(28)15-18-5-9-21(10-6-18)30-22-11-12-26-23(16-22)27-13-1-2-24(27)29/h3-12,16H,1-2,13-15H2. The van der Waals surface area contributed by atoms with Gasteiger partial charge in [-0.2, -0.15) is 0 Å². The highest BCUT2D eigenvalue weighted by atomic mass is 19.1. The summed E-state index contributed by atoms with van der Waals surface area (Å²) in [4.78, 5) is 30.1. The Morgan fingerprint density at radius 3 is 2.27 bits per heavy atom. The number of Topliss-reactive ketones (excluding diaryl/α,β-unsaturated/α-hetero) is 1. The average molecular weight is 404 g/mol. The van der Waals surface area contributed by atoms with Crippen LogP contribution < -0.4 is 9.64 Å². The molecule has 0 aliphatic carbocycles. The maximum absolute atomic E-state index is 13.0. The molecule has 1 amide bonds. The van der Waals surface area contributed by atoms with Crippen LogP contribution in [0.5, 0.6) is 11.5 Å². The molecule has 1 fully saturated rings. The third-order valence-corrected chi connectivity index (χ3v) is 4.94. The Bertz CT molecular complexity index is 1050. The molecule has 2 heterocycles. The minimum absolute atomic E-state index is 0.0596. The molecule has 0 bridgehead atoms. The molecule has 0 radical (unpaired) electrons. The van der Waals surface area contributed by atoms with Crippen LogP contribution in [0.15, 0.2) is 66.9 Å². The summed E-state index contributed by atoms with van der Waals surface area (Å²) >= 11 is 0. The number of carbonyl (C=O) groups is 2. The molecule has 0 N–H and O–H groups in total. The summed E-state index contributed by atoms with van der Waals surface area (Å²) < 4.78 is 18.8. The highest BCUT2D eigenvalue weighted by Gasteiger charge is 2.23. The SMILES string of the molecule is O=C(Cc1ccc(F)cc1)Cc1ccc(Oc2ccnc(N3CCCC3=O)c2)cc1. The third kappa shape index (κ3) is 4.89. The van der Waals surface area contributed by atoms with Crippen molar-refractivity contribution in [2.75, 3.05) is 11.4 Å². The van der Waals surface area contributed by atoms with E-state index in [0.29, 0.717) is 36.7 Å². The van der Waals surface area contributed by atoms with Crippen LogP contribution in [0.25, 0.3) is 0 Å². The maximum Gasteiger partial charge on any atom is 0.228 e. The molecule has 0 saturated carbocycles. The molecule has 1 saturated heterocycles. The normalized spacial score (nSPS) is 13.5. The smallest absolute Gasteiger partial charge is 0.228 e. The Morgan fingerprint density at radius 1 is 0.967 bits per heavy atom. The van der Waals surface area contributed by atoms with Crippen molar-refractivity contribution in [3.63, 3.8) is 0 Å². The van der Waals surface area contributed by atoms with E-state index in [1.165, 1.54) is 12.1 Å². The van der Waals surface area contributed by atoms with E-state index in [-0.39, 0.29) is 23.9 Å². The first kappa shape index (κ1) is 19.8. The second-order valence-corrected chi connectivity index (χ2v) is 7.26. The van der Waals surface area contributed by atoms with E-state index in [4.69, 9.17) is 4.74 Å². The van der Waals surface area contributed by atoms with Gasteiger partial charge in [-0.1, -0.05) is 24.3 Å². The van der Waals surface area contributed by atoms with Crippen molar-refractivity contribution in [3.8, 4) is 11.5 Å². The van der Waals surface area contributed by atoms with Crippen molar-refractivity contribution in [2.45, 2.75) is 25.7 Å². The van der Waals surface area contributed by atoms with E-state index in [2.05, 4.69) is 4.98 Å². The highest BCUT2D eigenvalue weighted by Crippen LogP contribution is 2.27. The maximum atomic E-state index is 13.0. The predicted molar refractivity (Wildman–Crippen MR) is 111 cm³/mol. The molecule has 6 heteroatoms. The molecule has 30 heavy (non-hydrogen) atoms. The van der Waals surface area contributed by atoms with Crippen LogP contribution in [-0.2, 0) is 22.4 Å². The fraction of sp³-hybridized carbons (Fsp3) is 0.208. The molecular weight excluding hydrogens is 383 g/mol. The van der Waals surface area contributed by atoms with Gasteiger partial charge in [-0.25, -0.2) is 9.37 Å². The monoisotopic (exact) mass is 404 g/mol. The fourth-order valence-corrected chi connectivity index (χ4v) is 3.43. The van der Waals surface area contributed by atoms with Gasteiger partial charge in [-0.15, -0.1) is 0 Å². The predicted octanol–water partition coefficient (Wildman–Crippen LogP) is 4.49. The van der Waals surface area contributed by atoms with Crippen molar-refractivity contribution in [1.29, 1.82) is 0 Å². The number of hydrogen-bond acceptors (Lipinski definition) is 4. The van der Waals surface area contributed by atoms with E-state index in [1.54, 1.807) is 35.4 Å². The molecule has 0 unspecified atom stereocenters. The molecule has 1 aliphatic rings. The number of rotatable bonds is 7. The summed E-state index contributed by atoms with van der Waals surface area (Å²) in [5.74, 6) is 1.65. The summed E-state index contributed by atoms with van der Waals surface area (Å²) in [6, 6.07) is 16.8. The number of halogens is 1. The Hall–Kier alpha value is -3.54. The van der Waals surface area contributed by atoms with Gasteiger partial charge < -0.3 is 4.74 Å². The van der Waals surface area contributed by atoms with Crippen molar-refractivity contribution in [2.24, 2.45) is 0 Å². The number of ether oxygens (including phenoxy) is 1. The van der Waals surface area contributed by atoms with Gasteiger partial charge in [0.1, 0.15) is 28.9 Å². The second-order valence-electron chi connectivity index (χ2n) is 7.26. The van der Waals surface area contributed by atoms with Crippen LogP contribution >= 0.6 is 0 Å². The van der Waals surface area contributed by atoms with Gasteiger partial charge in [-0.3, -0.25) is 14.5 Å². The van der Waals surface area contributed by atoms with E-state index in [1.807, 2.05) is 24.3 Å². The van der Waals surface area contributed by atoms with Gasteiger partial charge in [0.05, 0.1) is 0 Å². The Balaban J connectivity index is 1.36. The number of hydrogen-bond donors (Lipinski definition) is 0. The molecule has 1 aliphatic heterocycles. The van der Waals surface area contributed by atoms with E-state index in [9.17, 15) is 14.0 Å². The fourth-order valence-electron chi connectivity index (χ4n) is 3.43. The van der Waals surface area contributed by atoms with Crippen molar-refractivity contribution < 1.29 is 18.7 Å². The molecule has 5 nitrogen and oxygen atoms in total. The summed E-state index contributed by atoms with van der Waals surface area (Å²) in [6.45, 7) is 0.677. The lowest BCUT2D eigenvalue weighted by Crippen LogP contribution is -2.24. The first-order valence-electron chi connectivity index (χ1n) is 9.86. The minimum Gasteiger partial charge on any atom is -0.457 e. The van der Waals surface area contributed by atoms with Crippen LogP contribution in [0, 0.1) is 5.82 Å². The Morgan fingerprint density at radius 2 is 1.63 bits per heavy atom. The Kier molecular flexibility index (Phi) is 5.84. The topological polar surface area (TPSA) is 59.5 Å². The Labute approximate surface area is 174 Å². The van der Waals surface area contributed by atoms with Crippen LogP contribution in [0.3, 0.4) is 0 Å². The molecule has 0 spiro atoms. The number of carbonyl (C=O) groups excluding carboxylic acids is 2. The highest BCUT2D eigenvalue weighted by molar-refractivity contribution is 5.94. The minimum atomic E-state index is -0.310. The van der Waals surface area contributed by atoms with Crippen LogP contribution in [0.4, 0.5) is 10.2 Å². The lowest BCUT2D eigenvalue weighted by Gasteiger charge is -2.15. The molecular formula is C24H21FN2O3. The van der Waals surface area contributed by atoms with Crippen LogP contribution in [-0.4, -0.2) is 23.2 Å². The number of benzene rings is 2. The number of pyridine rings is 1. The largest absolute Gasteiger partial charge is 0.457 e. The van der Waals surface area contributed by atoms with Crippen LogP contribution in [0.2, 0.25) is 0 Å². The van der Waals surface area contributed by atoms with Crippen molar-refractivity contribution >= 4 is 17.5 Å². The number of ketones is 1. The van der Waals surface area contributed by atoms with Gasteiger partial charge >= 0.3 is 0 Å². The first-order chi connectivity index (χ1) is 14.6. The summed E-state index contributed by atoms with van der Waals surface area (Å²) in [7, 11) is 0. The summed E-state index contributed by atoms with van der Waals surface area (Å²) in [6.07, 6.45) is 3.58. The van der Waals surface area contributed by atoms with Crippen molar-refractivity contribution in [3.05, 3.63) is 83.8 Å².